The predicted octanol–water partition coefficient (Wildman–Crippen LogP) is 3.51. The first-order chi connectivity index (χ1) is 15.0. The second-order valence-electron chi connectivity index (χ2n) is 6.48. The molecular formula is C21H16N4O5S. The van der Waals surface area contributed by atoms with Gasteiger partial charge in [-0.2, -0.15) is 0 Å². The minimum absolute atomic E-state index is 0.0486. The maximum absolute atomic E-state index is 12.7. The number of hydrogen-bond donors (Lipinski definition) is 1. The molecule has 4 rings (SSSR count). The first-order valence-corrected chi connectivity index (χ1v) is 10.0. The molecule has 2 heterocycles. The van der Waals surface area contributed by atoms with Crippen LogP contribution in [0.4, 0.5) is 17.3 Å². The molecule has 0 radical (unpaired) electrons. The highest BCUT2D eigenvalue weighted by Gasteiger charge is 2.33. The fraction of sp³-hybridized carbons (Fsp3) is 0.0952. The number of fused-ring (bicyclic) bond motifs is 1. The zero-order valence-corrected chi connectivity index (χ0v) is 16.9. The van der Waals surface area contributed by atoms with Crippen molar-refractivity contribution < 1.29 is 19.2 Å². The summed E-state index contributed by atoms with van der Waals surface area (Å²) in [4.78, 5) is 42.3. The number of nitro groups is 1. The fourth-order valence-corrected chi connectivity index (χ4v) is 3.86. The summed E-state index contributed by atoms with van der Waals surface area (Å²) >= 11 is 1.49. The van der Waals surface area contributed by atoms with Crippen LogP contribution in [0.5, 0.6) is 5.75 Å². The molecule has 9 nitrogen and oxygen atoms in total. The van der Waals surface area contributed by atoms with E-state index < -0.39 is 22.6 Å². The number of benzene rings is 2. The van der Waals surface area contributed by atoms with Crippen LogP contribution in [-0.4, -0.2) is 34.9 Å². The number of carbonyl (C=O) groups excluding carboxylic acids is 2. The molecule has 0 aliphatic carbocycles. The van der Waals surface area contributed by atoms with Crippen LogP contribution >= 0.6 is 11.8 Å². The monoisotopic (exact) mass is 436 g/mol. The van der Waals surface area contributed by atoms with E-state index in [0.717, 1.165) is 14.7 Å². The summed E-state index contributed by atoms with van der Waals surface area (Å²) in [6.07, 6.45) is 0. The first-order valence-electron chi connectivity index (χ1n) is 9.21. The highest BCUT2D eigenvalue weighted by atomic mass is 32.2. The molecule has 0 saturated heterocycles. The highest BCUT2D eigenvalue weighted by Crippen LogP contribution is 2.34. The van der Waals surface area contributed by atoms with Gasteiger partial charge in [-0.05, 0) is 40.2 Å². The molecule has 0 bridgehead atoms. The lowest BCUT2D eigenvalue weighted by molar-refractivity contribution is -0.389. The first kappa shape index (κ1) is 20.4. The number of rotatable bonds is 6. The van der Waals surface area contributed by atoms with Crippen molar-refractivity contribution in [1.82, 2.24) is 4.98 Å². The van der Waals surface area contributed by atoms with Gasteiger partial charge in [-0.15, -0.1) is 0 Å². The summed E-state index contributed by atoms with van der Waals surface area (Å²) < 4.78 is 5.27. The average molecular weight is 436 g/mol. The molecule has 2 aromatic carbocycles. The lowest BCUT2D eigenvalue weighted by Crippen LogP contribution is -2.44. The molecule has 156 valence electrons. The number of hydrogen-bond acceptors (Lipinski definition) is 7. The standard InChI is InChI=1S/C21H16N4O5S/c26-19(22-15-8-4-5-9-17(15)31-14-6-2-1-3-7-14)12-24-20(27)13-30-16-10-11-18(25(28)29)23-21(16)24/h1-11H,12-13H2,(H,22,26). The molecular weight excluding hydrogens is 420 g/mol. The van der Waals surface area contributed by atoms with Crippen LogP contribution in [-0.2, 0) is 9.59 Å². The molecule has 0 spiro atoms. The van der Waals surface area contributed by atoms with Gasteiger partial charge in [-0.25, -0.2) is 0 Å². The van der Waals surface area contributed by atoms with Crippen LogP contribution in [0.3, 0.4) is 0 Å². The van der Waals surface area contributed by atoms with E-state index in [4.69, 9.17) is 4.74 Å². The number of carbonyl (C=O) groups is 2. The van der Waals surface area contributed by atoms with Crippen LogP contribution in [0.25, 0.3) is 0 Å². The number of anilines is 2. The molecule has 0 saturated carbocycles. The van der Waals surface area contributed by atoms with Crippen LogP contribution in [0.1, 0.15) is 0 Å². The maximum atomic E-state index is 12.7. The molecule has 31 heavy (non-hydrogen) atoms. The molecule has 0 atom stereocenters. The van der Waals surface area contributed by atoms with E-state index >= 15 is 0 Å². The van der Waals surface area contributed by atoms with E-state index in [1.54, 1.807) is 12.1 Å². The molecule has 10 heteroatoms. The second-order valence-corrected chi connectivity index (χ2v) is 7.59. The molecule has 1 N–H and O–H groups in total. The molecule has 1 aliphatic heterocycles. The van der Waals surface area contributed by atoms with Crippen molar-refractivity contribution in [3.63, 3.8) is 0 Å². The minimum Gasteiger partial charge on any atom is -0.477 e. The number of ether oxygens (including phenoxy) is 1. The Labute approximate surface area is 181 Å². The SMILES string of the molecule is O=C(CN1C(=O)COc2ccc([N+](=O)[O-])nc21)Nc1ccccc1Sc1ccccc1. The van der Waals surface area contributed by atoms with Crippen molar-refractivity contribution in [2.75, 3.05) is 23.4 Å². The van der Waals surface area contributed by atoms with E-state index in [1.807, 2.05) is 42.5 Å². The molecule has 0 unspecified atom stereocenters. The number of nitrogens with one attached hydrogen (secondary N) is 1. The van der Waals surface area contributed by atoms with Gasteiger partial charge in [0.25, 0.3) is 11.7 Å². The number of para-hydroxylation sites is 1. The van der Waals surface area contributed by atoms with Gasteiger partial charge in [0.15, 0.2) is 12.4 Å². The third kappa shape index (κ3) is 4.64. The van der Waals surface area contributed by atoms with Gasteiger partial charge in [0.2, 0.25) is 5.91 Å². The Morgan fingerprint density at radius 1 is 1.13 bits per heavy atom. The Hall–Kier alpha value is -3.92. The van der Waals surface area contributed by atoms with E-state index in [2.05, 4.69) is 10.3 Å². The lowest BCUT2D eigenvalue weighted by Gasteiger charge is -2.24. The Kier molecular flexibility index (Phi) is 5.80. The van der Waals surface area contributed by atoms with Gasteiger partial charge in [0, 0.05) is 15.9 Å². The van der Waals surface area contributed by atoms with Crippen molar-refractivity contribution in [3.05, 3.63) is 76.8 Å². The Morgan fingerprint density at radius 2 is 1.87 bits per heavy atom. The minimum atomic E-state index is -0.672. The third-order valence-electron chi connectivity index (χ3n) is 4.35. The van der Waals surface area contributed by atoms with Crippen LogP contribution in [0.15, 0.2) is 76.5 Å². The molecule has 0 fully saturated rings. The highest BCUT2D eigenvalue weighted by molar-refractivity contribution is 7.99. The smallest absolute Gasteiger partial charge is 0.366 e. The van der Waals surface area contributed by atoms with Gasteiger partial charge in [0.1, 0.15) is 6.54 Å². The number of pyridine rings is 1. The third-order valence-corrected chi connectivity index (χ3v) is 5.44. The Morgan fingerprint density at radius 3 is 2.65 bits per heavy atom. The van der Waals surface area contributed by atoms with Crippen LogP contribution in [0, 0.1) is 10.1 Å². The van der Waals surface area contributed by atoms with Gasteiger partial charge in [0.05, 0.1) is 5.69 Å². The summed E-state index contributed by atoms with van der Waals surface area (Å²) in [5.74, 6) is -1.25. The van der Waals surface area contributed by atoms with Crippen molar-refractivity contribution in [2.24, 2.45) is 0 Å². The van der Waals surface area contributed by atoms with Crippen molar-refractivity contribution in [3.8, 4) is 5.75 Å². The zero-order chi connectivity index (χ0) is 21.8. The van der Waals surface area contributed by atoms with E-state index in [1.165, 1.54) is 23.9 Å². The van der Waals surface area contributed by atoms with Crippen molar-refractivity contribution in [1.29, 1.82) is 0 Å². The summed E-state index contributed by atoms with van der Waals surface area (Å²) in [5.41, 5.74) is 0.592. The second kappa shape index (κ2) is 8.84. The fourth-order valence-electron chi connectivity index (χ4n) is 2.94. The van der Waals surface area contributed by atoms with Crippen molar-refractivity contribution in [2.45, 2.75) is 9.79 Å². The Balaban J connectivity index is 1.53. The number of amides is 2. The van der Waals surface area contributed by atoms with E-state index in [0.29, 0.717) is 5.69 Å². The van der Waals surface area contributed by atoms with Gasteiger partial charge in [-0.1, -0.05) is 42.1 Å². The summed E-state index contributed by atoms with van der Waals surface area (Å²) in [6.45, 7) is -0.631. The molecule has 3 aromatic rings. The quantitative estimate of drug-likeness (QED) is 0.464. The lowest BCUT2D eigenvalue weighted by atomic mass is 10.3. The molecule has 1 aliphatic rings. The van der Waals surface area contributed by atoms with Crippen LogP contribution in [0.2, 0.25) is 0 Å². The van der Waals surface area contributed by atoms with E-state index in [9.17, 15) is 19.7 Å². The van der Waals surface area contributed by atoms with Crippen LogP contribution < -0.4 is 15.0 Å². The summed E-state index contributed by atoms with van der Waals surface area (Å²) in [5, 5.41) is 13.9. The molecule has 2 amide bonds. The average Bonchev–Trinajstić information content (AvgIpc) is 2.77. The van der Waals surface area contributed by atoms with Crippen molar-refractivity contribution >= 4 is 40.9 Å². The number of nitrogens with zero attached hydrogens (tertiary/aromatic N) is 3. The zero-order valence-electron chi connectivity index (χ0n) is 16.1. The van der Waals surface area contributed by atoms with Gasteiger partial charge < -0.3 is 20.2 Å². The maximum Gasteiger partial charge on any atom is 0.366 e. The topological polar surface area (TPSA) is 115 Å². The predicted molar refractivity (Wildman–Crippen MR) is 114 cm³/mol. The summed E-state index contributed by atoms with van der Waals surface area (Å²) in [7, 11) is 0. The Bertz CT molecular complexity index is 1160. The summed E-state index contributed by atoms with van der Waals surface area (Å²) in [6, 6.07) is 19.6. The van der Waals surface area contributed by atoms with Gasteiger partial charge in [-0.3, -0.25) is 14.5 Å². The molecule has 1 aromatic heterocycles. The normalized spacial score (nSPS) is 12.6. The number of aromatic nitrogens is 1. The van der Waals surface area contributed by atoms with Gasteiger partial charge >= 0.3 is 5.82 Å². The largest absolute Gasteiger partial charge is 0.477 e. The van der Waals surface area contributed by atoms with E-state index in [-0.39, 0.29) is 24.7 Å².